The minimum Gasteiger partial charge on any atom is -0.300 e. The van der Waals surface area contributed by atoms with Gasteiger partial charge in [-0.3, -0.25) is 4.57 Å². The van der Waals surface area contributed by atoms with Gasteiger partial charge in [0.05, 0.1) is 6.16 Å². The fraction of sp³-hybridized carbons (Fsp3) is 0.0833. The van der Waals surface area contributed by atoms with Crippen molar-refractivity contribution < 1.29 is 24.7 Å². The topological polar surface area (TPSA) is 30.0 Å². The second-order valence-electron chi connectivity index (χ2n) is 3.08. The van der Waals surface area contributed by atoms with Crippen LogP contribution in [0.5, 0.6) is 0 Å². The summed E-state index contributed by atoms with van der Waals surface area (Å²) in [7, 11) is 0.101. The maximum atomic E-state index is 10.5. The maximum Gasteiger partial charge on any atom is 0.161 e. The molecule has 16 heavy (non-hydrogen) atoms. The molecule has 0 aliphatic carbocycles. The van der Waals surface area contributed by atoms with E-state index >= 15 is 0 Å². The minimum atomic E-state index is 0. The average molecular weight is 406 g/mol. The van der Waals surface area contributed by atoms with Crippen LogP contribution in [0.1, 0.15) is 5.69 Å². The van der Waals surface area contributed by atoms with Gasteiger partial charge in [0.15, 0.2) is 8.46 Å². The van der Waals surface area contributed by atoms with Crippen LogP contribution in [-0.4, -0.2) is 4.98 Å². The van der Waals surface area contributed by atoms with Crippen LogP contribution < -0.4 is 0 Å². The third-order valence-electron chi connectivity index (χ3n) is 2.02. The van der Waals surface area contributed by atoms with Crippen molar-refractivity contribution in [2.75, 3.05) is 0 Å². The van der Waals surface area contributed by atoms with Gasteiger partial charge in [-0.05, 0) is 11.8 Å². The van der Waals surface area contributed by atoms with Gasteiger partial charge in [0, 0.05) is 25.8 Å². The second-order valence-corrected chi connectivity index (χ2v) is 3.65. The summed E-state index contributed by atoms with van der Waals surface area (Å²) in [5.74, 6) is 0. The molecule has 0 aliphatic heterocycles. The van der Waals surface area contributed by atoms with Crippen molar-refractivity contribution in [2.45, 2.75) is 6.16 Å². The Morgan fingerprint density at radius 3 is 2.75 bits per heavy atom. The Labute approximate surface area is 110 Å². The first-order valence-corrected chi connectivity index (χ1v) is 5.62. The van der Waals surface area contributed by atoms with E-state index in [1.165, 1.54) is 0 Å². The van der Waals surface area contributed by atoms with Gasteiger partial charge >= 0.3 is 0 Å². The van der Waals surface area contributed by atoms with Crippen molar-refractivity contribution in [3.8, 4) is 11.3 Å². The zero-order chi connectivity index (χ0) is 10.5. The summed E-state index contributed by atoms with van der Waals surface area (Å²) in [6.07, 6.45) is 0.459. The molecule has 0 N–H and O–H groups in total. The quantitative estimate of drug-likeness (QED) is 0.578. The predicted molar refractivity (Wildman–Crippen MR) is 59.8 cm³/mol. The van der Waals surface area contributed by atoms with E-state index in [-0.39, 0.29) is 28.6 Å². The predicted octanol–water partition coefficient (Wildman–Crippen LogP) is 3.34. The van der Waals surface area contributed by atoms with Gasteiger partial charge in [0.25, 0.3) is 0 Å². The van der Waals surface area contributed by atoms with Crippen LogP contribution in [-0.2, 0) is 30.8 Å². The van der Waals surface area contributed by atoms with Crippen LogP contribution in [0.25, 0.3) is 11.3 Å². The summed E-state index contributed by atoms with van der Waals surface area (Å²) in [6.45, 7) is 0. The fourth-order valence-corrected chi connectivity index (χ4v) is 1.64. The van der Waals surface area contributed by atoms with Crippen LogP contribution in [0, 0.1) is 6.07 Å². The molecule has 1 heterocycles. The molecule has 0 atom stereocenters. The molecule has 0 saturated carbocycles. The van der Waals surface area contributed by atoms with Crippen molar-refractivity contribution in [3.63, 3.8) is 0 Å². The van der Waals surface area contributed by atoms with E-state index in [1.807, 2.05) is 42.5 Å². The molecule has 0 unspecified atom stereocenters. The summed E-state index contributed by atoms with van der Waals surface area (Å²) >= 11 is 0. The first-order chi connectivity index (χ1) is 7.40. The van der Waals surface area contributed by atoms with Gasteiger partial charge in [-0.1, -0.05) is 12.1 Å². The Morgan fingerprint density at radius 2 is 2.06 bits per heavy atom. The van der Waals surface area contributed by atoms with E-state index in [4.69, 9.17) is 0 Å². The average Bonchev–Trinajstić information content (AvgIpc) is 2.31. The van der Waals surface area contributed by atoms with E-state index in [2.05, 4.69) is 11.1 Å². The van der Waals surface area contributed by atoms with E-state index in [1.54, 1.807) is 0 Å². The Hall–Kier alpha value is -0.881. The molecule has 2 aromatic rings. The van der Waals surface area contributed by atoms with E-state index in [0.29, 0.717) is 6.16 Å². The number of hydrogen-bond donors (Lipinski definition) is 0. The van der Waals surface area contributed by atoms with E-state index in [9.17, 15) is 4.57 Å². The molecule has 1 aromatic carbocycles. The Morgan fingerprint density at radius 1 is 1.19 bits per heavy atom. The van der Waals surface area contributed by atoms with Crippen LogP contribution in [0.3, 0.4) is 0 Å². The number of pyridine rings is 1. The van der Waals surface area contributed by atoms with Gasteiger partial charge < -0.3 is 4.98 Å². The van der Waals surface area contributed by atoms with E-state index in [0.717, 1.165) is 17.0 Å². The molecular weight excluding hydrogens is 397 g/mol. The Kier molecular flexibility index (Phi) is 5.48. The van der Waals surface area contributed by atoms with Gasteiger partial charge in [-0.2, -0.15) is 0 Å². The van der Waals surface area contributed by atoms with E-state index < -0.39 is 0 Å². The van der Waals surface area contributed by atoms with Gasteiger partial charge in [-0.15, -0.1) is 35.9 Å². The molecule has 0 amide bonds. The van der Waals surface area contributed by atoms with Crippen molar-refractivity contribution >= 4 is 8.46 Å². The van der Waals surface area contributed by atoms with Crippen LogP contribution in [0.2, 0.25) is 0 Å². The Balaban J connectivity index is 0.00000128. The zero-order valence-electron chi connectivity index (χ0n) is 8.38. The summed E-state index contributed by atoms with van der Waals surface area (Å²) in [5.41, 5.74) is 2.67. The summed E-state index contributed by atoms with van der Waals surface area (Å²) in [5, 5.41) is 0. The third-order valence-corrected chi connectivity index (χ3v) is 2.47. The van der Waals surface area contributed by atoms with Crippen molar-refractivity contribution in [1.82, 2.24) is 4.98 Å². The number of hydrogen-bond acceptors (Lipinski definition) is 2. The molecule has 2 rings (SSSR count). The number of benzene rings is 1. The number of rotatable bonds is 3. The molecule has 0 fully saturated rings. The van der Waals surface area contributed by atoms with Gasteiger partial charge in [0.2, 0.25) is 0 Å². The molecule has 1 aromatic heterocycles. The monoisotopic (exact) mass is 407 g/mol. The van der Waals surface area contributed by atoms with Crippen LogP contribution in [0.4, 0.5) is 0 Å². The number of nitrogens with zero attached hydrogens (tertiary/aromatic N) is 1. The molecule has 83 valence electrons. The zero-order valence-corrected chi connectivity index (χ0v) is 11.7. The first-order valence-electron chi connectivity index (χ1n) is 4.62. The molecule has 0 bridgehead atoms. The number of aromatic nitrogens is 1. The molecule has 0 aliphatic rings. The second kappa shape index (κ2) is 6.65. The minimum absolute atomic E-state index is 0. The molecule has 0 saturated heterocycles. The summed E-state index contributed by atoms with van der Waals surface area (Å²) in [4.78, 5) is 4.39. The molecule has 1 radical (unpaired) electrons. The normalized spacial score (nSPS) is 9.75. The van der Waals surface area contributed by atoms with Gasteiger partial charge in [0.1, 0.15) is 0 Å². The SMILES string of the molecule is O=PCc1cccc(-c2[c-]cccc2)n1.[Ir]. The van der Waals surface area contributed by atoms with Crippen molar-refractivity contribution in [1.29, 1.82) is 0 Å². The Bertz CT molecular complexity index is 462. The van der Waals surface area contributed by atoms with Crippen molar-refractivity contribution in [2.24, 2.45) is 0 Å². The molecule has 4 heteroatoms. The maximum absolute atomic E-state index is 10.5. The summed E-state index contributed by atoms with van der Waals surface area (Å²) in [6, 6.07) is 16.5. The third kappa shape index (κ3) is 3.31. The van der Waals surface area contributed by atoms with Crippen molar-refractivity contribution in [3.05, 3.63) is 54.2 Å². The van der Waals surface area contributed by atoms with Gasteiger partial charge in [-0.25, -0.2) is 0 Å². The van der Waals surface area contributed by atoms with Crippen LogP contribution >= 0.6 is 8.46 Å². The standard InChI is InChI=1S/C12H9NOP.Ir/c14-15-9-11-7-4-8-12(13-11)10-5-2-1-3-6-10;/h1-5,7-8H,9H2;/q-1;. The summed E-state index contributed by atoms with van der Waals surface area (Å²) < 4.78 is 10.5. The smallest absolute Gasteiger partial charge is 0.161 e. The fourth-order valence-electron chi connectivity index (χ4n) is 1.34. The largest absolute Gasteiger partial charge is 0.300 e. The van der Waals surface area contributed by atoms with Crippen LogP contribution in [0.15, 0.2) is 42.5 Å². The molecular formula is C12H9IrNOP-. The first kappa shape index (κ1) is 13.2. The molecule has 0 spiro atoms. The molecule has 2 nitrogen and oxygen atoms in total.